The van der Waals surface area contributed by atoms with Gasteiger partial charge in [0.25, 0.3) is 5.56 Å². The third kappa shape index (κ3) is 3.45. The van der Waals surface area contributed by atoms with Gasteiger partial charge in [0.1, 0.15) is 5.65 Å². The number of aliphatic hydroxyl groups is 1. The van der Waals surface area contributed by atoms with Gasteiger partial charge in [-0.15, -0.1) is 0 Å². The Morgan fingerprint density at radius 2 is 2.07 bits per heavy atom. The maximum atomic E-state index is 13.4. The van der Waals surface area contributed by atoms with Crippen molar-refractivity contribution in [3.8, 4) is 0 Å². The number of nitrogens with zero attached hydrogens (tertiary/aromatic N) is 4. The van der Waals surface area contributed by atoms with Gasteiger partial charge in [0.2, 0.25) is 5.95 Å². The molecule has 0 spiro atoms. The highest BCUT2D eigenvalue weighted by Crippen LogP contribution is 2.32. The molecule has 28 heavy (non-hydrogen) atoms. The van der Waals surface area contributed by atoms with E-state index in [0.717, 1.165) is 42.3 Å². The van der Waals surface area contributed by atoms with Crippen LogP contribution in [0.4, 0.5) is 5.95 Å². The highest BCUT2D eigenvalue weighted by atomic mass is 16.5. The Balaban J connectivity index is 1.79. The lowest BCUT2D eigenvalue weighted by Gasteiger charge is -2.30. The molecule has 0 unspecified atom stereocenters. The quantitative estimate of drug-likeness (QED) is 0.811. The zero-order valence-electron chi connectivity index (χ0n) is 16.0. The largest absolute Gasteiger partial charge is 0.394 e. The number of pyridine rings is 1. The number of fused-ring (bicyclic) bond motifs is 1. The summed E-state index contributed by atoms with van der Waals surface area (Å²) < 4.78 is 7.46. The van der Waals surface area contributed by atoms with E-state index in [1.54, 1.807) is 10.8 Å². The number of ether oxygens (including phenoxy) is 1. The average molecular weight is 383 g/mol. The molecule has 0 aromatic carbocycles. The lowest BCUT2D eigenvalue weighted by Crippen LogP contribution is -2.33. The summed E-state index contributed by atoms with van der Waals surface area (Å²) in [6.07, 6.45) is 7.13. The molecule has 3 N–H and O–H groups in total. The van der Waals surface area contributed by atoms with E-state index in [9.17, 15) is 4.79 Å². The second kappa shape index (κ2) is 7.81. The van der Waals surface area contributed by atoms with Crippen LogP contribution in [0.1, 0.15) is 43.0 Å². The molecule has 3 heterocycles. The summed E-state index contributed by atoms with van der Waals surface area (Å²) in [7, 11) is 0. The predicted molar refractivity (Wildman–Crippen MR) is 109 cm³/mol. The molecule has 1 saturated carbocycles. The molecule has 8 nitrogen and oxygen atoms in total. The van der Waals surface area contributed by atoms with Crippen molar-refractivity contribution >= 4 is 28.8 Å². The average Bonchev–Trinajstić information content (AvgIpc) is 3.21. The topological polar surface area (TPSA) is 116 Å². The number of nitrogens with two attached hydrogens (primary N) is 1. The van der Waals surface area contributed by atoms with Gasteiger partial charge in [-0.25, -0.2) is 4.98 Å². The number of aliphatic hydroxyl groups excluding tert-OH is 1. The number of hydrogen-bond donors (Lipinski definition) is 2. The number of allylic oxidation sites excluding steroid dienone is 1. The van der Waals surface area contributed by atoms with Gasteiger partial charge < -0.3 is 15.6 Å². The van der Waals surface area contributed by atoms with Crippen LogP contribution in [0.15, 0.2) is 21.9 Å². The first-order valence-electron chi connectivity index (χ1n) is 9.70. The smallest absolute Gasteiger partial charge is 0.260 e. The molecule has 0 amide bonds. The Labute approximate surface area is 162 Å². The number of aromatic nitrogens is 3. The van der Waals surface area contributed by atoms with Crippen LogP contribution in [0.25, 0.3) is 16.6 Å². The number of aliphatic imine (C=N–C) groups is 1. The van der Waals surface area contributed by atoms with Gasteiger partial charge in [0.15, 0.2) is 0 Å². The van der Waals surface area contributed by atoms with Crippen molar-refractivity contribution in [2.45, 2.75) is 44.8 Å². The van der Waals surface area contributed by atoms with E-state index in [2.05, 4.69) is 15.0 Å². The second-order valence-corrected chi connectivity index (χ2v) is 7.32. The van der Waals surface area contributed by atoms with Crippen LogP contribution >= 0.6 is 0 Å². The fourth-order valence-electron chi connectivity index (χ4n) is 4.14. The standard InChI is InChI=1S/C20H25N5O3/c1-12-16-10-17(13-6-7-22-11-13)19(27)25(18(16)24-20(21)23-12)14-2-4-15(5-3-14)28-9-8-26/h6,10-11,14-15,26H,2-5,7-9H2,1H3,(H2,21,23,24). The normalized spacial score (nSPS) is 22.0. The van der Waals surface area contributed by atoms with Crippen molar-refractivity contribution in [3.05, 3.63) is 33.8 Å². The first-order valence-corrected chi connectivity index (χ1v) is 9.70. The Morgan fingerprint density at radius 3 is 2.75 bits per heavy atom. The van der Waals surface area contributed by atoms with Crippen LogP contribution in [0.3, 0.4) is 0 Å². The molecule has 4 rings (SSSR count). The summed E-state index contributed by atoms with van der Waals surface area (Å²) in [4.78, 5) is 26.4. The molecular formula is C20H25N5O3. The van der Waals surface area contributed by atoms with E-state index in [-0.39, 0.29) is 30.3 Å². The van der Waals surface area contributed by atoms with E-state index in [1.807, 2.05) is 19.1 Å². The number of hydrogen-bond acceptors (Lipinski definition) is 7. The summed E-state index contributed by atoms with van der Waals surface area (Å²) in [6, 6.07) is 1.89. The summed E-state index contributed by atoms with van der Waals surface area (Å²) in [5, 5.41) is 9.79. The number of nitrogen functional groups attached to an aromatic ring is 1. The highest BCUT2D eigenvalue weighted by Gasteiger charge is 2.27. The first-order chi connectivity index (χ1) is 13.6. The third-order valence-electron chi connectivity index (χ3n) is 5.51. The van der Waals surface area contributed by atoms with Crippen LogP contribution in [-0.2, 0) is 4.74 Å². The van der Waals surface area contributed by atoms with E-state index in [1.165, 1.54) is 0 Å². The van der Waals surface area contributed by atoms with Crippen LogP contribution in [0.2, 0.25) is 0 Å². The van der Waals surface area contributed by atoms with Crippen LogP contribution in [-0.4, -0.2) is 51.7 Å². The van der Waals surface area contributed by atoms with Crippen molar-refractivity contribution in [1.29, 1.82) is 0 Å². The first kappa shape index (κ1) is 18.8. The van der Waals surface area contributed by atoms with Crippen molar-refractivity contribution in [2.75, 3.05) is 25.5 Å². The molecule has 2 aromatic heterocycles. The van der Waals surface area contributed by atoms with Gasteiger partial charge in [-0.2, -0.15) is 4.98 Å². The number of aryl methyl sites for hydroxylation is 1. The minimum atomic E-state index is -0.0654. The molecule has 1 fully saturated rings. The van der Waals surface area contributed by atoms with E-state index in [0.29, 0.717) is 24.4 Å². The maximum Gasteiger partial charge on any atom is 0.260 e. The van der Waals surface area contributed by atoms with Crippen LogP contribution in [0.5, 0.6) is 0 Å². The van der Waals surface area contributed by atoms with Crippen LogP contribution < -0.4 is 11.3 Å². The number of rotatable bonds is 5. The molecule has 0 atom stereocenters. The highest BCUT2D eigenvalue weighted by molar-refractivity contribution is 6.12. The Bertz CT molecular complexity index is 1000. The third-order valence-corrected chi connectivity index (χ3v) is 5.51. The van der Waals surface area contributed by atoms with Crippen LogP contribution in [0, 0.1) is 6.92 Å². The van der Waals surface area contributed by atoms with Gasteiger partial charge in [-0.1, -0.05) is 6.08 Å². The predicted octanol–water partition coefficient (Wildman–Crippen LogP) is 1.64. The van der Waals surface area contributed by atoms with Gasteiger partial charge in [0, 0.05) is 28.8 Å². The fourth-order valence-corrected chi connectivity index (χ4v) is 4.14. The Morgan fingerprint density at radius 1 is 1.29 bits per heavy atom. The van der Waals surface area contributed by atoms with Gasteiger partial charge in [0.05, 0.1) is 31.6 Å². The molecular weight excluding hydrogens is 358 g/mol. The molecule has 1 aliphatic heterocycles. The van der Waals surface area contributed by atoms with E-state index in [4.69, 9.17) is 15.6 Å². The van der Waals surface area contributed by atoms with Gasteiger partial charge in [-0.05, 0) is 38.7 Å². The summed E-state index contributed by atoms with van der Waals surface area (Å²) >= 11 is 0. The Kier molecular flexibility index (Phi) is 5.23. The minimum Gasteiger partial charge on any atom is -0.394 e. The molecule has 2 aromatic rings. The molecule has 148 valence electrons. The van der Waals surface area contributed by atoms with Crippen molar-refractivity contribution in [3.63, 3.8) is 0 Å². The SMILES string of the molecule is Cc1nc(N)nc2c1cc(C1=CCN=C1)c(=O)n2C1CCC(OCCO)CC1. The summed E-state index contributed by atoms with van der Waals surface area (Å²) in [5.41, 5.74) is 8.65. The molecule has 8 heteroatoms. The van der Waals surface area contributed by atoms with Crippen molar-refractivity contribution < 1.29 is 9.84 Å². The zero-order valence-corrected chi connectivity index (χ0v) is 16.0. The fraction of sp³-hybridized carbons (Fsp3) is 0.500. The monoisotopic (exact) mass is 383 g/mol. The molecule has 0 saturated heterocycles. The maximum absolute atomic E-state index is 13.4. The lowest BCUT2D eigenvalue weighted by molar-refractivity contribution is 0.00167. The van der Waals surface area contributed by atoms with Crippen molar-refractivity contribution in [1.82, 2.24) is 14.5 Å². The van der Waals surface area contributed by atoms with Crippen molar-refractivity contribution in [2.24, 2.45) is 4.99 Å². The minimum absolute atomic E-state index is 0.0246. The molecule has 0 radical (unpaired) electrons. The van der Waals surface area contributed by atoms with Gasteiger partial charge in [-0.3, -0.25) is 14.4 Å². The zero-order chi connectivity index (χ0) is 19.7. The molecule has 0 bridgehead atoms. The molecule has 2 aliphatic rings. The molecule has 1 aliphatic carbocycles. The summed E-state index contributed by atoms with van der Waals surface area (Å²) in [6.45, 7) is 2.86. The lowest BCUT2D eigenvalue weighted by atomic mass is 9.92. The number of anilines is 1. The van der Waals surface area contributed by atoms with E-state index >= 15 is 0 Å². The van der Waals surface area contributed by atoms with E-state index < -0.39 is 0 Å². The van der Waals surface area contributed by atoms with Gasteiger partial charge >= 0.3 is 0 Å². The Hall–Kier alpha value is -2.58. The second-order valence-electron chi connectivity index (χ2n) is 7.32. The summed E-state index contributed by atoms with van der Waals surface area (Å²) in [5.74, 6) is 0.174.